The fraction of sp³-hybridized carbons (Fsp3) is 0.353. The van der Waals surface area contributed by atoms with Gasteiger partial charge in [-0.25, -0.2) is 0 Å². The van der Waals surface area contributed by atoms with E-state index < -0.39 is 0 Å². The van der Waals surface area contributed by atoms with Crippen molar-refractivity contribution in [2.75, 3.05) is 0 Å². The van der Waals surface area contributed by atoms with E-state index in [0.717, 1.165) is 24.2 Å². The Kier molecular flexibility index (Phi) is 3.33. The van der Waals surface area contributed by atoms with Crippen molar-refractivity contribution >= 4 is 0 Å². The van der Waals surface area contributed by atoms with Gasteiger partial charge in [0.2, 0.25) is 0 Å². The first-order valence-corrected chi connectivity index (χ1v) is 7.00. The first kappa shape index (κ1) is 13.0. The lowest BCUT2D eigenvalue weighted by Crippen LogP contribution is -2.51. The molecule has 1 heterocycles. The molecule has 0 bridgehead atoms. The average Bonchev–Trinajstić information content (AvgIpc) is 2.97. The SMILES string of the molecule is CC(NC1CC(C#N)(c2ccccc2)C1)c1ccco1. The van der Waals surface area contributed by atoms with E-state index in [1.54, 1.807) is 6.26 Å². The second-order valence-electron chi connectivity index (χ2n) is 5.57. The minimum atomic E-state index is -0.318. The fourth-order valence-electron chi connectivity index (χ4n) is 3.02. The van der Waals surface area contributed by atoms with Crippen LogP contribution in [0.15, 0.2) is 53.1 Å². The van der Waals surface area contributed by atoms with Crippen LogP contribution in [-0.2, 0) is 5.41 Å². The van der Waals surface area contributed by atoms with Crippen molar-refractivity contribution in [3.05, 3.63) is 60.1 Å². The van der Waals surface area contributed by atoms with Gasteiger partial charge in [0.1, 0.15) is 5.76 Å². The van der Waals surface area contributed by atoms with Gasteiger partial charge in [-0.1, -0.05) is 30.3 Å². The minimum Gasteiger partial charge on any atom is -0.468 e. The number of nitrogens with one attached hydrogen (secondary N) is 1. The first-order chi connectivity index (χ1) is 9.73. The molecule has 0 saturated heterocycles. The zero-order valence-electron chi connectivity index (χ0n) is 11.5. The van der Waals surface area contributed by atoms with Gasteiger partial charge in [0.25, 0.3) is 0 Å². The molecule has 2 aromatic rings. The number of nitriles is 1. The Balaban J connectivity index is 1.64. The van der Waals surface area contributed by atoms with Crippen molar-refractivity contribution in [1.82, 2.24) is 5.32 Å². The van der Waals surface area contributed by atoms with Crippen LogP contribution in [0.4, 0.5) is 0 Å². The molecule has 102 valence electrons. The van der Waals surface area contributed by atoms with Crippen molar-refractivity contribution in [3.63, 3.8) is 0 Å². The molecule has 1 atom stereocenters. The molecule has 0 aliphatic heterocycles. The van der Waals surface area contributed by atoms with Gasteiger partial charge in [-0.15, -0.1) is 0 Å². The van der Waals surface area contributed by atoms with Gasteiger partial charge >= 0.3 is 0 Å². The van der Waals surface area contributed by atoms with Crippen LogP contribution in [0.5, 0.6) is 0 Å². The summed E-state index contributed by atoms with van der Waals surface area (Å²) in [6, 6.07) is 17.0. The topological polar surface area (TPSA) is 49.0 Å². The summed E-state index contributed by atoms with van der Waals surface area (Å²) in [6.45, 7) is 2.09. The van der Waals surface area contributed by atoms with E-state index in [-0.39, 0.29) is 11.5 Å². The van der Waals surface area contributed by atoms with E-state index in [0.29, 0.717) is 6.04 Å². The van der Waals surface area contributed by atoms with E-state index in [2.05, 4.69) is 30.4 Å². The average molecular weight is 266 g/mol. The molecule has 3 nitrogen and oxygen atoms in total. The van der Waals surface area contributed by atoms with Gasteiger partial charge in [-0.3, -0.25) is 0 Å². The molecule has 3 heteroatoms. The first-order valence-electron chi connectivity index (χ1n) is 7.00. The lowest BCUT2D eigenvalue weighted by molar-refractivity contribution is 0.206. The third-order valence-corrected chi connectivity index (χ3v) is 4.19. The second kappa shape index (κ2) is 5.15. The van der Waals surface area contributed by atoms with Crippen molar-refractivity contribution in [3.8, 4) is 6.07 Å². The second-order valence-corrected chi connectivity index (χ2v) is 5.57. The summed E-state index contributed by atoms with van der Waals surface area (Å²) in [7, 11) is 0. The molecular weight excluding hydrogens is 248 g/mol. The van der Waals surface area contributed by atoms with Crippen molar-refractivity contribution in [1.29, 1.82) is 5.26 Å². The molecule has 0 radical (unpaired) electrons. The predicted octanol–water partition coefficient (Wildman–Crippen LogP) is 3.55. The van der Waals surface area contributed by atoms with Crippen LogP contribution < -0.4 is 5.32 Å². The van der Waals surface area contributed by atoms with Crippen LogP contribution in [-0.4, -0.2) is 6.04 Å². The molecule has 0 spiro atoms. The zero-order chi connectivity index (χ0) is 14.0. The highest BCUT2D eigenvalue weighted by Gasteiger charge is 2.46. The van der Waals surface area contributed by atoms with Gasteiger partial charge in [0, 0.05) is 6.04 Å². The highest BCUT2D eigenvalue weighted by molar-refractivity contribution is 5.37. The molecule has 1 aliphatic carbocycles. The molecule has 3 rings (SSSR count). The van der Waals surface area contributed by atoms with Gasteiger partial charge in [0.15, 0.2) is 0 Å². The monoisotopic (exact) mass is 266 g/mol. The smallest absolute Gasteiger partial charge is 0.120 e. The summed E-state index contributed by atoms with van der Waals surface area (Å²) >= 11 is 0. The molecule has 1 N–H and O–H groups in total. The van der Waals surface area contributed by atoms with Crippen LogP contribution in [0, 0.1) is 11.3 Å². The number of rotatable bonds is 4. The quantitative estimate of drug-likeness (QED) is 0.920. The third kappa shape index (κ3) is 2.23. The van der Waals surface area contributed by atoms with Crippen LogP contribution in [0.25, 0.3) is 0 Å². The Bertz CT molecular complexity index is 592. The Morgan fingerprint density at radius 3 is 2.60 bits per heavy atom. The summed E-state index contributed by atoms with van der Waals surface area (Å²) in [6.07, 6.45) is 3.41. The number of furan rings is 1. The highest BCUT2D eigenvalue weighted by Crippen LogP contribution is 2.44. The lowest BCUT2D eigenvalue weighted by Gasteiger charge is -2.44. The van der Waals surface area contributed by atoms with Crippen molar-refractivity contribution < 1.29 is 4.42 Å². The Morgan fingerprint density at radius 1 is 1.25 bits per heavy atom. The molecule has 1 fully saturated rings. The predicted molar refractivity (Wildman–Crippen MR) is 77.0 cm³/mol. The van der Waals surface area contributed by atoms with Crippen LogP contribution in [0.2, 0.25) is 0 Å². The summed E-state index contributed by atoms with van der Waals surface area (Å²) < 4.78 is 5.40. The lowest BCUT2D eigenvalue weighted by atomic mass is 9.62. The maximum atomic E-state index is 9.53. The van der Waals surface area contributed by atoms with Gasteiger partial charge in [-0.05, 0) is 37.5 Å². The summed E-state index contributed by atoms with van der Waals surface area (Å²) in [5.74, 6) is 0.944. The number of benzene rings is 1. The fourth-order valence-corrected chi connectivity index (χ4v) is 3.02. The number of nitrogens with zero attached hydrogens (tertiary/aromatic N) is 1. The normalized spacial score (nSPS) is 26.5. The molecule has 1 aromatic carbocycles. The molecule has 1 unspecified atom stereocenters. The van der Waals surface area contributed by atoms with Crippen LogP contribution >= 0.6 is 0 Å². The minimum absolute atomic E-state index is 0.183. The van der Waals surface area contributed by atoms with E-state index in [1.165, 1.54) is 0 Å². The summed E-state index contributed by atoms with van der Waals surface area (Å²) in [4.78, 5) is 0. The molecule has 1 aromatic heterocycles. The van der Waals surface area contributed by atoms with Gasteiger partial charge < -0.3 is 9.73 Å². The Labute approximate surface area is 119 Å². The summed E-state index contributed by atoms with van der Waals surface area (Å²) in [5, 5.41) is 13.1. The van der Waals surface area contributed by atoms with Crippen molar-refractivity contribution in [2.45, 2.75) is 37.3 Å². The van der Waals surface area contributed by atoms with E-state index in [9.17, 15) is 5.26 Å². The van der Waals surface area contributed by atoms with Crippen molar-refractivity contribution in [2.24, 2.45) is 0 Å². The zero-order valence-corrected chi connectivity index (χ0v) is 11.5. The largest absolute Gasteiger partial charge is 0.468 e. The highest BCUT2D eigenvalue weighted by atomic mass is 16.3. The Hall–Kier alpha value is -2.05. The van der Waals surface area contributed by atoms with E-state index in [4.69, 9.17) is 4.42 Å². The maximum absolute atomic E-state index is 9.53. The molecule has 20 heavy (non-hydrogen) atoms. The van der Waals surface area contributed by atoms with Gasteiger partial charge in [-0.2, -0.15) is 5.26 Å². The maximum Gasteiger partial charge on any atom is 0.120 e. The molecule has 1 aliphatic rings. The number of hydrogen-bond donors (Lipinski definition) is 1. The third-order valence-electron chi connectivity index (χ3n) is 4.19. The Morgan fingerprint density at radius 2 is 2.00 bits per heavy atom. The molecule has 1 saturated carbocycles. The molecular formula is C17H18N2O. The van der Waals surface area contributed by atoms with E-state index in [1.807, 2.05) is 30.3 Å². The van der Waals surface area contributed by atoms with Crippen LogP contribution in [0.1, 0.15) is 37.1 Å². The van der Waals surface area contributed by atoms with Crippen LogP contribution in [0.3, 0.4) is 0 Å². The summed E-state index contributed by atoms with van der Waals surface area (Å²) in [5.41, 5.74) is 0.813. The van der Waals surface area contributed by atoms with E-state index >= 15 is 0 Å². The molecule has 0 amide bonds. The standard InChI is InChI=1S/C17H18N2O/c1-13(16-8-5-9-20-16)19-15-10-17(11-15,12-18)14-6-3-2-4-7-14/h2-9,13,15,19H,10-11H2,1H3. The van der Waals surface area contributed by atoms with Gasteiger partial charge in [0.05, 0.1) is 23.8 Å². The number of hydrogen-bond acceptors (Lipinski definition) is 3.